The first-order valence-corrected chi connectivity index (χ1v) is 7.22. The van der Waals surface area contributed by atoms with E-state index in [1.54, 1.807) is 0 Å². The van der Waals surface area contributed by atoms with Crippen LogP contribution >= 0.6 is 11.3 Å². The summed E-state index contributed by atoms with van der Waals surface area (Å²) in [6, 6.07) is 4.02. The molecule has 7 heteroatoms. The van der Waals surface area contributed by atoms with E-state index < -0.39 is 11.7 Å². The maximum atomic E-state index is 12.7. The number of nitrogens with one attached hydrogen (secondary N) is 1. The van der Waals surface area contributed by atoms with Crippen LogP contribution < -0.4 is 10.2 Å². The van der Waals surface area contributed by atoms with Gasteiger partial charge in [0.1, 0.15) is 0 Å². The first-order chi connectivity index (χ1) is 9.45. The third-order valence-corrected chi connectivity index (χ3v) is 4.51. The van der Waals surface area contributed by atoms with Crippen LogP contribution in [0, 0.1) is 0 Å². The fraction of sp³-hybridized carbons (Fsp3) is 0.462. The quantitative estimate of drug-likeness (QED) is 0.877. The van der Waals surface area contributed by atoms with E-state index in [0.29, 0.717) is 16.3 Å². The van der Waals surface area contributed by atoms with Gasteiger partial charge in [0.2, 0.25) is 0 Å². The molecular weight excluding hydrogens is 287 g/mol. The number of halogens is 3. The van der Waals surface area contributed by atoms with Gasteiger partial charge in [-0.1, -0.05) is 11.3 Å². The molecular formula is C13H14F3N3S. The van der Waals surface area contributed by atoms with Crippen molar-refractivity contribution >= 4 is 26.7 Å². The lowest BCUT2D eigenvalue weighted by atomic mass is 10.2. The van der Waals surface area contributed by atoms with Crippen LogP contribution in [-0.2, 0) is 6.18 Å². The molecule has 0 bridgehead atoms. The lowest BCUT2D eigenvalue weighted by molar-refractivity contribution is -0.137. The molecule has 1 aromatic heterocycles. The second-order valence-electron chi connectivity index (χ2n) is 4.92. The van der Waals surface area contributed by atoms with Gasteiger partial charge in [-0.25, -0.2) is 4.98 Å². The molecule has 20 heavy (non-hydrogen) atoms. The lowest BCUT2D eigenvalue weighted by Gasteiger charge is -2.33. The number of benzene rings is 1. The Labute approximate surface area is 118 Å². The van der Waals surface area contributed by atoms with E-state index >= 15 is 0 Å². The van der Waals surface area contributed by atoms with Crippen molar-refractivity contribution in [2.24, 2.45) is 0 Å². The van der Waals surface area contributed by atoms with Gasteiger partial charge >= 0.3 is 6.18 Å². The molecule has 0 radical (unpaired) electrons. The summed E-state index contributed by atoms with van der Waals surface area (Å²) < 4.78 is 38.7. The Morgan fingerprint density at radius 2 is 2.20 bits per heavy atom. The molecule has 3 nitrogen and oxygen atoms in total. The zero-order chi connectivity index (χ0) is 14.3. The molecule has 1 aromatic carbocycles. The molecule has 1 N–H and O–H groups in total. The molecule has 2 aromatic rings. The topological polar surface area (TPSA) is 28.2 Å². The summed E-state index contributed by atoms with van der Waals surface area (Å²) >= 11 is 1.32. The molecule has 3 rings (SSSR count). The van der Waals surface area contributed by atoms with Crippen molar-refractivity contribution in [3.8, 4) is 0 Å². The average Bonchev–Trinajstić information content (AvgIpc) is 2.80. The third-order valence-electron chi connectivity index (χ3n) is 3.45. The average molecular weight is 301 g/mol. The first-order valence-electron chi connectivity index (χ1n) is 6.40. The first kappa shape index (κ1) is 13.6. The molecule has 1 fully saturated rings. The van der Waals surface area contributed by atoms with Gasteiger partial charge in [0.15, 0.2) is 5.13 Å². The minimum absolute atomic E-state index is 0.298. The van der Waals surface area contributed by atoms with Crippen LogP contribution in [0.15, 0.2) is 18.2 Å². The predicted molar refractivity (Wildman–Crippen MR) is 74.3 cm³/mol. The second-order valence-corrected chi connectivity index (χ2v) is 5.93. The summed E-state index contributed by atoms with van der Waals surface area (Å²) in [6.07, 6.45) is -4.30. The molecule has 0 spiro atoms. The van der Waals surface area contributed by atoms with Crippen LogP contribution in [0.25, 0.3) is 10.2 Å². The largest absolute Gasteiger partial charge is 0.416 e. The molecule has 0 amide bonds. The van der Waals surface area contributed by atoms with Crippen LogP contribution in [0.2, 0.25) is 0 Å². The van der Waals surface area contributed by atoms with E-state index in [1.807, 2.05) is 0 Å². The van der Waals surface area contributed by atoms with Crippen molar-refractivity contribution in [2.45, 2.75) is 19.1 Å². The molecule has 1 saturated heterocycles. The summed E-state index contributed by atoms with van der Waals surface area (Å²) in [4.78, 5) is 6.61. The van der Waals surface area contributed by atoms with Crippen LogP contribution in [0.4, 0.5) is 18.3 Å². The molecule has 108 valence electrons. The summed E-state index contributed by atoms with van der Waals surface area (Å²) in [5.41, 5.74) is 0.0114. The van der Waals surface area contributed by atoms with Crippen molar-refractivity contribution in [2.75, 3.05) is 24.5 Å². The Hall–Kier alpha value is -1.34. The summed E-state index contributed by atoms with van der Waals surface area (Å²) in [5.74, 6) is 0. The van der Waals surface area contributed by atoms with Gasteiger partial charge in [0, 0.05) is 25.7 Å². The van der Waals surface area contributed by atoms with Gasteiger partial charge < -0.3 is 10.2 Å². The third kappa shape index (κ3) is 2.47. The highest BCUT2D eigenvalue weighted by atomic mass is 32.1. The Morgan fingerprint density at radius 3 is 2.90 bits per heavy atom. The number of rotatable bonds is 1. The lowest BCUT2D eigenvalue weighted by Crippen LogP contribution is -2.49. The normalized spacial score (nSPS) is 20.6. The zero-order valence-electron chi connectivity index (χ0n) is 10.9. The number of alkyl halides is 3. The van der Waals surface area contributed by atoms with Crippen LogP contribution in [-0.4, -0.2) is 30.7 Å². The van der Waals surface area contributed by atoms with Gasteiger partial charge in [0.05, 0.1) is 15.8 Å². The van der Waals surface area contributed by atoms with Gasteiger partial charge in [-0.3, -0.25) is 0 Å². The van der Waals surface area contributed by atoms with E-state index in [4.69, 9.17) is 0 Å². The Kier molecular flexibility index (Phi) is 3.33. The number of nitrogens with zero attached hydrogens (tertiary/aromatic N) is 2. The number of anilines is 1. The predicted octanol–water partition coefficient (Wildman–Crippen LogP) is 3.11. The molecule has 0 unspecified atom stereocenters. The van der Waals surface area contributed by atoms with Gasteiger partial charge in [0.25, 0.3) is 0 Å². The number of piperazine rings is 1. The molecule has 1 aliphatic heterocycles. The Bertz CT molecular complexity index is 623. The van der Waals surface area contributed by atoms with Crippen LogP contribution in [0.1, 0.15) is 12.5 Å². The fourth-order valence-electron chi connectivity index (χ4n) is 2.34. The summed E-state index contributed by atoms with van der Waals surface area (Å²) in [5, 5.41) is 4.08. The molecule has 1 aliphatic rings. The smallest absolute Gasteiger partial charge is 0.343 e. The minimum atomic E-state index is -4.30. The molecule has 1 atom stereocenters. The number of hydrogen-bond acceptors (Lipinski definition) is 4. The van der Waals surface area contributed by atoms with E-state index in [-0.39, 0.29) is 0 Å². The van der Waals surface area contributed by atoms with Crippen LogP contribution in [0.5, 0.6) is 0 Å². The number of thiazole rings is 1. The number of hydrogen-bond donors (Lipinski definition) is 1. The van der Waals surface area contributed by atoms with E-state index in [2.05, 4.69) is 22.1 Å². The summed E-state index contributed by atoms with van der Waals surface area (Å²) in [6.45, 7) is 4.64. The second kappa shape index (κ2) is 4.89. The number of aromatic nitrogens is 1. The van der Waals surface area contributed by atoms with Crippen molar-refractivity contribution in [3.63, 3.8) is 0 Å². The van der Waals surface area contributed by atoms with Gasteiger partial charge in [-0.15, -0.1) is 0 Å². The monoisotopic (exact) mass is 301 g/mol. The zero-order valence-corrected chi connectivity index (χ0v) is 11.7. The van der Waals surface area contributed by atoms with Gasteiger partial charge in [-0.05, 0) is 25.1 Å². The maximum Gasteiger partial charge on any atom is 0.416 e. The SMILES string of the molecule is C[C@H]1CNCCN1c1nc2ccc(C(F)(F)F)cc2s1. The van der Waals surface area contributed by atoms with E-state index in [0.717, 1.165) is 30.8 Å². The maximum absolute atomic E-state index is 12.7. The van der Waals surface area contributed by atoms with Gasteiger partial charge in [-0.2, -0.15) is 13.2 Å². The van der Waals surface area contributed by atoms with Crippen molar-refractivity contribution in [3.05, 3.63) is 23.8 Å². The van der Waals surface area contributed by atoms with Crippen molar-refractivity contribution < 1.29 is 13.2 Å². The minimum Gasteiger partial charge on any atom is -0.343 e. The van der Waals surface area contributed by atoms with E-state index in [9.17, 15) is 13.2 Å². The highest BCUT2D eigenvalue weighted by Crippen LogP contribution is 2.35. The fourth-order valence-corrected chi connectivity index (χ4v) is 3.47. The highest BCUT2D eigenvalue weighted by Gasteiger charge is 2.31. The Balaban J connectivity index is 1.98. The highest BCUT2D eigenvalue weighted by molar-refractivity contribution is 7.22. The Morgan fingerprint density at radius 1 is 1.40 bits per heavy atom. The van der Waals surface area contributed by atoms with Crippen molar-refractivity contribution in [1.82, 2.24) is 10.3 Å². The van der Waals surface area contributed by atoms with Crippen LogP contribution in [0.3, 0.4) is 0 Å². The molecule has 0 aliphatic carbocycles. The number of fused-ring (bicyclic) bond motifs is 1. The standard InChI is InChI=1S/C13H14F3N3S/c1-8-7-17-4-5-19(8)12-18-10-3-2-9(13(14,15)16)6-11(10)20-12/h2-3,6,8,17H,4-5,7H2,1H3/t8-/m0/s1. The molecule has 2 heterocycles. The van der Waals surface area contributed by atoms with E-state index in [1.165, 1.54) is 23.5 Å². The molecule has 0 saturated carbocycles. The summed E-state index contributed by atoms with van der Waals surface area (Å²) in [7, 11) is 0. The van der Waals surface area contributed by atoms with Crippen molar-refractivity contribution in [1.29, 1.82) is 0 Å².